The first-order chi connectivity index (χ1) is 9.56. The van der Waals surface area contributed by atoms with Crippen molar-refractivity contribution in [1.82, 2.24) is 9.78 Å². The van der Waals surface area contributed by atoms with Crippen molar-refractivity contribution in [2.75, 3.05) is 12.4 Å². The van der Waals surface area contributed by atoms with E-state index in [1.54, 1.807) is 7.11 Å². The molecule has 1 aromatic carbocycles. The second kappa shape index (κ2) is 5.99. The molecule has 1 unspecified atom stereocenters. The predicted molar refractivity (Wildman–Crippen MR) is 82.4 cm³/mol. The van der Waals surface area contributed by atoms with Crippen LogP contribution in [0.5, 0.6) is 5.75 Å². The molecule has 1 heterocycles. The molecule has 1 N–H and O–H groups in total. The van der Waals surface area contributed by atoms with Crippen molar-refractivity contribution in [2.45, 2.75) is 40.3 Å². The zero-order chi connectivity index (χ0) is 14.7. The molecule has 0 amide bonds. The molecule has 108 valence electrons. The molecule has 0 aliphatic rings. The Bertz CT molecular complexity index is 589. The third kappa shape index (κ3) is 2.79. The van der Waals surface area contributed by atoms with Crippen LogP contribution in [0.15, 0.2) is 24.3 Å². The number of aryl methyl sites for hydroxylation is 2. The molecule has 0 bridgehead atoms. The lowest BCUT2D eigenvalue weighted by Crippen LogP contribution is -2.09. The van der Waals surface area contributed by atoms with E-state index >= 15 is 0 Å². The van der Waals surface area contributed by atoms with Crippen molar-refractivity contribution in [1.29, 1.82) is 0 Å². The molecule has 0 radical (unpaired) electrons. The quantitative estimate of drug-likeness (QED) is 0.902. The van der Waals surface area contributed by atoms with E-state index in [0.29, 0.717) is 0 Å². The van der Waals surface area contributed by atoms with Gasteiger partial charge in [-0.15, -0.1) is 0 Å². The first kappa shape index (κ1) is 14.4. The summed E-state index contributed by atoms with van der Waals surface area (Å²) in [6.45, 7) is 9.37. The van der Waals surface area contributed by atoms with E-state index in [0.717, 1.165) is 23.7 Å². The normalized spacial score (nSPS) is 12.2. The molecule has 0 aliphatic heterocycles. The smallest absolute Gasteiger partial charge is 0.120 e. The van der Waals surface area contributed by atoms with Crippen LogP contribution in [0.25, 0.3) is 0 Å². The van der Waals surface area contributed by atoms with E-state index in [2.05, 4.69) is 42.8 Å². The summed E-state index contributed by atoms with van der Waals surface area (Å²) in [5, 5.41) is 8.10. The lowest BCUT2D eigenvalue weighted by Gasteiger charge is -2.17. The standard InChI is InChI=1S/C16H23N3O/c1-6-19-13(4)16(12(3)18-19)11(2)17-14-8-7-9-15(10-14)20-5/h7-11,17H,6H2,1-5H3. The minimum Gasteiger partial charge on any atom is -0.497 e. The summed E-state index contributed by atoms with van der Waals surface area (Å²) >= 11 is 0. The van der Waals surface area contributed by atoms with Gasteiger partial charge in [-0.1, -0.05) is 6.07 Å². The Morgan fingerprint density at radius 3 is 2.70 bits per heavy atom. The number of methoxy groups -OCH3 is 1. The summed E-state index contributed by atoms with van der Waals surface area (Å²) in [6.07, 6.45) is 0. The molecular formula is C16H23N3O. The van der Waals surface area contributed by atoms with Crippen LogP contribution in [0, 0.1) is 13.8 Å². The van der Waals surface area contributed by atoms with Gasteiger partial charge in [-0.05, 0) is 39.8 Å². The van der Waals surface area contributed by atoms with Crippen molar-refractivity contribution in [3.05, 3.63) is 41.2 Å². The van der Waals surface area contributed by atoms with E-state index < -0.39 is 0 Å². The van der Waals surface area contributed by atoms with Crippen LogP contribution < -0.4 is 10.1 Å². The van der Waals surface area contributed by atoms with E-state index in [4.69, 9.17) is 4.74 Å². The van der Waals surface area contributed by atoms with Gasteiger partial charge < -0.3 is 10.1 Å². The summed E-state index contributed by atoms with van der Waals surface area (Å²) in [4.78, 5) is 0. The van der Waals surface area contributed by atoms with Gasteiger partial charge in [-0.3, -0.25) is 4.68 Å². The molecule has 0 fully saturated rings. The van der Waals surface area contributed by atoms with E-state index in [1.165, 1.54) is 11.3 Å². The third-order valence-corrected chi connectivity index (χ3v) is 3.62. The van der Waals surface area contributed by atoms with Gasteiger partial charge in [0.2, 0.25) is 0 Å². The van der Waals surface area contributed by atoms with Gasteiger partial charge in [0.05, 0.1) is 18.8 Å². The summed E-state index contributed by atoms with van der Waals surface area (Å²) < 4.78 is 7.30. The first-order valence-electron chi connectivity index (χ1n) is 7.01. The zero-order valence-corrected chi connectivity index (χ0v) is 12.9. The number of benzene rings is 1. The number of ether oxygens (including phenoxy) is 1. The number of hydrogen-bond acceptors (Lipinski definition) is 3. The molecule has 20 heavy (non-hydrogen) atoms. The Morgan fingerprint density at radius 1 is 1.35 bits per heavy atom. The van der Waals surface area contributed by atoms with E-state index in [1.807, 2.05) is 24.3 Å². The molecule has 4 heteroatoms. The highest BCUT2D eigenvalue weighted by atomic mass is 16.5. The molecular weight excluding hydrogens is 250 g/mol. The monoisotopic (exact) mass is 273 g/mol. The van der Waals surface area contributed by atoms with E-state index in [-0.39, 0.29) is 6.04 Å². The fourth-order valence-corrected chi connectivity index (χ4v) is 2.68. The van der Waals surface area contributed by atoms with E-state index in [9.17, 15) is 0 Å². The average molecular weight is 273 g/mol. The molecule has 2 rings (SSSR count). The predicted octanol–water partition coefficient (Wildman–Crippen LogP) is 3.70. The van der Waals surface area contributed by atoms with Gasteiger partial charge in [0.1, 0.15) is 5.75 Å². The maximum absolute atomic E-state index is 5.25. The first-order valence-corrected chi connectivity index (χ1v) is 7.01. The molecule has 4 nitrogen and oxygen atoms in total. The van der Waals surface area contributed by atoms with Crippen LogP contribution in [-0.2, 0) is 6.54 Å². The van der Waals surface area contributed by atoms with Crippen LogP contribution in [0.2, 0.25) is 0 Å². The van der Waals surface area contributed by atoms with Crippen LogP contribution in [-0.4, -0.2) is 16.9 Å². The number of nitrogens with zero attached hydrogens (tertiary/aromatic N) is 2. The Labute approximate surface area is 120 Å². The summed E-state index contributed by atoms with van der Waals surface area (Å²) in [5.74, 6) is 0.861. The van der Waals surface area contributed by atoms with Gasteiger partial charge >= 0.3 is 0 Å². The summed E-state index contributed by atoms with van der Waals surface area (Å²) in [7, 11) is 1.68. The second-order valence-corrected chi connectivity index (χ2v) is 5.00. The van der Waals surface area contributed by atoms with Crippen LogP contribution >= 0.6 is 0 Å². The number of rotatable bonds is 5. The third-order valence-electron chi connectivity index (χ3n) is 3.62. The molecule has 0 saturated heterocycles. The summed E-state index contributed by atoms with van der Waals surface area (Å²) in [5.41, 5.74) is 4.65. The maximum Gasteiger partial charge on any atom is 0.120 e. The van der Waals surface area contributed by atoms with Gasteiger partial charge in [-0.25, -0.2) is 0 Å². The van der Waals surface area contributed by atoms with Crippen molar-refractivity contribution in [2.24, 2.45) is 0 Å². The van der Waals surface area contributed by atoms with Gasteiger partial charge in [0, 0.05) is 29.6 Å². The van der Waals surface area contributed by atoms with Gasteiger partial charge in [-0.2, -0.15) is 5.10 Å². The number of hydrogen-bond donors (Lipinski definition) is 1. The summed E-state index contributed by atoms with van der Waals surface area (Å²) in [6, 6.07) is 8.20. The Balaban J connectivity index is 2.23. The topological polar surface area (TPSA) is 39.1 Å². The lowest BCUT2D eigenvalue weighted by molar-refractivity contribution is 0.415. The van der Waals surface area contributed by atoms with Crippen molar-refractivity contribution in [3.63, 3.8) is 0 Å². The highest BCUT2D eigenvalue weighted by Gasteiger charge is 2.16. The molecule has 1 atom stereocenters. The SMILES string of the molecule is CCn1nc(C)c(C(C)Nc2cccc(OC)c2)c1C. The molecule has 0 aliphatic carbocycles. The lowest BCUT2D eigenvalue weighted by atomic mass is 10.1. The minimum atomic E-state index is 0.211. The fraction of sp³-hybridized carbons (Fsp3) is 0.438. The van der Waals surface area contributed by atoms with Crippen molar-refractivity contribution in [3.8, 4) is 5.75 Å². The van der Waals surface area contributed by atoms with Crippen LogP contribution in [0.4, 0.5) is 5.69 Å². The van der Waals surface area contributed by atoms with Crippen LogP contribution in [0.3, 0.4) is 0 Å². The molecule has 0 spiro atoms. The Kier molecular flexibility index (Phi) is 4.32. The number of nitrogens with one attached hydrogen (secondary N) is 1. The minimum absolute atomic E-state index is 0.211. The van der Waals surface area contributed by atoms with Gasteiger partial charge in [0.25, 0.3) is 0 Å². The van der Waals surface area contributed by atoms with Crippen LogP contribution in [0.1, 0.15) is 36.8 Å². The zero-order valence-electron chi connectivity index (χ0n) is 12.9. The molecule has 1 aromatic heterocycles. The second-order valence-electron chi connectivity index (χ2n) is 5.00. The number of anilines is 1. The Morgan fingerprint density at radius 2 is 2.10 bits per heavy atom. The van der Waals surface area contributed by atoms with Gasteiger partial charge in [0.15, 0.2) is 0 Å². The largest absolute Gasteiger partial charge is 0.497 e. The number of aromatic nitrogens is 2. The van der Waals surface area contributed by atoms with Crippen molar-refractivity contribution >= 4 is 5.69 Å². The highest BCUT2D eigenvalue weighted by Crippen LogP contribution is 2.26. The molecule has 2 aromatic rings. The fourth-order valence-electron chi connectivity index (χ4n) is 2.68. The maximum atomic E-state index is 5.25. The highest BCUT2D eigenvalue weighted by molar-refractivity contribution is 5.50. The van der Waals surface area contributed by atoms with Crippen molar-refractivity contribution < 1.29 is 4.74 Å². The average Bonchev–Trinajstić information content (AvgIpc) is 2.73. The Hall–Kier alpha value is -1.97. The molecule has 0 saturated carbocycles.